The molecule has 3 N–H and O–H groups in total. The van der Waals surface area contributed by atoms with Crippen molar-refractivity contribution in [2.24, 2.45) is 5.73 Å². The third kappa shape index (κ3) is 5.40. The number of methoxy groups -OCH3 is 1. The van der Waals surface area contributed by atoms with Crippen LogP contribution < -0.4 is 11.1 Å². The number of alkyl halides is 1. The minimum Gasteiger partial charge on any atom is -0.465 e. The average molecular weight is 596 g/mol. The summed E-state index contributed by atoms with van der Waals surface area (Å²) in [6.45, 7) is -0.832. The van der Waals surface area contributed by atoms with Gasteiger partial charge < -0.3 is 20.7 Å². The van der Waals surface area contributed by atoms with Crippen LogP contribution in [0, 0.1) is 5.82 Å². The van der Waals surface area contributed by atoms with Crippen molar-refractivity contribution in [3.8, 4) is 11.1 Å². The number of ether oxygens (including phenoxy) is 1. The molecule has 3 aromatic carbocycles. The van der Waals surface area contributed by atoms with Gasteiger partial charge in [-0.25, -0.2) is 13.6 Å². The number of aromatic nitrogens is 2. The second-order valence-corrected chi connectivity index (χ2v) is 10.0. The predicted molar refractivity (Wildman–Crippen MR) is 150 cm³/mol. The first-order valence-electron chi connectivity index (χ1n) is 12.8. The van der Waals surface area contributed by atoms with Crippen molar-refractivity contribution < 1.29 is 32.7 Å². The molecule has 1 fully saturated rings. The average Bonchev–Trinajstić information content (AvgIpc) is 3.54. The second kappa shape index (κ2) is 11.6. The highest BCUT2D eigenvalue weighted by atomic mass is 35.5. The van der Waals surface area contributed by atoms with Gasteiger partial charge >= 0.3 is 5.97 Å². The van der Waals surface area contributed by atoms with Crippen molar-refractivity contribution in [1.82, 2.24) is 14.7 Å². The number of nitrogens with one attached hydrogen (secondary N) is 1. The summed E-state index contributed by atoms with van der Waals surface area (Å²) in [6, 6.07) is 14.1. The van der Waals surface area contributed by atoms with Gasteiger partial charge in [-0.15, -0.1) is 0 Å². The maximum Gasteiger partial charge on any atom is 0.337 e. The summed E-state index contributed by atoms with van der Waals surface area (Å²) in [6.07, 6.45) is -1.79. The summed E-state index contributed by atoms with van der Waals surface area (Å²) in [5, 5.41) is 7.14. The number of nitrogens with two attached hydrogens (primary N) is 1. The lowest BCUT2D eigenvalue weighted by Crippen LogP contribution is -2.44. The van der Waals surface area contributed by atoms with E-state index >= 15 is 4.39 Å². The summed E-state index contributed by atoms with van der Waals surface area (Å²) >= 11 is 6.22. The molecule has 3 amide bonds. The Morgan fingerprint density at radius 3 is 2.55 bits per heavy atom. The fourth-order valence-corrected chi connectivity index (χ4v) is 5.22. The predicted octanol–water partition coefficient (Wildman–Crippen LogP) is 3.96. The Bertz CT molecular complexity index is 1740. The van der Waals surface area contributed by atoms with Gasteiger partial charge in [0.2, 0.25) is 11.8 Å². The zero-order chi connectivity index (χ0) is 30.1. The van der Waals surface area contributed by atoms with Gasteiger partial charge in [0.25, 0.3) is 5.91 Å². The Kier molecular flexibility index (Phi) is 7.90. The Balaban J connectivity index is 1.39. The van der Waals surface area contributed by atoms with Crippen molar-refractivity contribution in [3.05, 3.63) is 82.8 Å². The number of anilines is 1. The molecule has 0 saturated carbocycles. The van der Waals surface area contributed by atoms with Gasteiger partial charge in [-0.2, -0.15) is 5.10 Å². The molecule has 2 unspecified atom stereocenters. The van der Waals surface area contributed by atoms with Gasteiger partial charge in [0.1, 0.15) is 18.8 Å². The molecule has 4 aromatic rings. The number of carbonyl (C=O) groups is 4. The van der Waals surface area contributed by atoms with Crippen LogP contribution in [0.4, 0.5) is 14.5 Å². The molecule has 0 radical (unpaired) electrons. The molecule has 42 heavy (non-hydrogen) atoms. The van der Waals surface area contributed by atoms with E-state index in [1.54, 1.807) is 24.3 Å². The molecular weight excluding hydrogens is 572 g/mol. The number of primary amides is 1. The number of amides is 3. The molecule has 10 nitrogen and oxygen atoms in total. The van der Waals surface area contributed by atoms with Gasteiger partial charge in [0.05, 0.1) is 30.4 Å². The van der Waals surface area contributed by atoms with Gasteiger partial charge in [-0.05, 0) is 30.3 Å². The highest BCUT2D eigenvalue weighted by Crippen LogP contribution is 2.33. The normalized spacial score (nSPS) is 16.4. The van der Waals surface area contributed by atoms with Gasteiger partial charge in [-0.1, -0.05) is 41.9 Å². The maximum absolute atomic E-state index is 15.4. The number of fused-ring (bicyclic) bond motifs is 1. The van der Waals surface area contributed by atoms with Gasteiger partial charge in [0.15, 0.2) is 11.5 Å². The SMILES string of the molecule is COC(=O)c1ccc2c(c1)c(C(N)=O)nn2CC(=O)N1CC(F)CC1C(=O)Nc1cccc(-c2ccccc2Cl)c1F. The zero-order valence-electron chi connectivity index (χ0n) is 22.1. The standard InChI is InChI=1S/C29H24ClF2N5O5/c1-42-29(41)15-9-10-22-19(11-15)26(27(33)39)35-37(22)14-24(38)36-13-16(31)12-23(36)28(40)34-21-8-4-6-18(25(21)32)17-5-2-3-7-20(17)30/h2-11,16,23H,12-14H2,1H3,(H2,33,39)(H,34,40). The molecule has 1 aliphatic heterocycles. The summed E-state index contributed by atoms with van der Waals surface area (Å²) in [4.78, 5) is 51.6. The van der Waals surface area contributed by atoms with E-state index in [9.17, 15) is 23.6 Å². The van der Waals surface area contributed by atoms with Crippen LogP contribution in [0.15, 0.2) is 60.7 Å². The number of benzene rings is 3. The van der Waals surface area contributed by atoms with Crippen LogP contribution in [0.25, 0.3) is 22.0 Å². The van der Waals surface area contributed by atoms with E-state index in [-0.39, 0.29) is 40.9 Å². The molecule has 0 bridgehead atoms. The van der Waals surface area contributed by atoms with Crippen molar-refractivity contribution >= 4 is 51.9 Å². The molecule has 5 rings (SSSR count). The number of carbonyl (C=O) groups excluding carboxylic acids is 4. The topological polar surface area (TPSA) is 137 Å². The fraction of sp³-hybridized carbons (Fsp3) is 0.207. The summed E-state index contributed by atoms with van der Waals surface area (Å²) in [5.41, 5.74) is 6.15. The highest BCUT2D eigenvalue weighted by Gasteiger charge is 2.40. The smallest absolute Gasteiger partial charge is 0.337 e. The van der Waals surface area contributed by atoms with E-state index in [2.05, 4.69) is 10.4 Å². The maximum atomic E-state index is 15.4. The van der Waals surface area contributed by atoms with E-state index in [0.717, 1.165) is 4.90 Å². The highest BCUT2D eigenvalue weighted by molar-refractivity contribution is 6.33. The Morgan fingerprint density at radius 2 is 1.83 bits per heavy atom. The monoisotopic (exact) mass is 595 g/mol. The number of hydrogen-bond acceptors (Lipinski definition) is 6. The summed E-state index contributed by atoms with van der Waals surface area (Å²) in [7, 11) is 1.20. The fourth-order valence-electron chi connectivity index (χ4n) is 4.99. The number of hydrogen-bond donors (Lipinski definition) is 2. The molecule has 2 atom stereocenters. The number of likely N-dealkylation sites (tertiary alicyclic amines) is 1. The molecular formula is C29H24ClF2N5O5. The molecule has 2 heterocycles. The molecule has 216 valence electrons. The Labute approximate surface area is 243 Å². The minimum absolute atomic E-state index is 0.140. The van der Waals surface area contributed by atoms with Crippen molar-refractivity contribution in [1.29, 1.82) is 0 Å². The Hall–Kier alpha value is -4.84. The number of halogens is 3. The van der Waals surface area contributed by atoms with Crippen molar-refractivity contribution in [3.63, 3.8) is 0 Å². The third-order valence-corrected chi connectivity index (χ3v) is 7.31. The molecule has 1 saturated heterocycles. The molecule has 13 heteroatoms. The largest absolute Gasteiger partial charge is 0.465 e. The lowest BCUT2D eigenvalue weighted by atomic mass is 10.0. The summed E-state index contributed by atoms with van der Waals surface area (Å²) in [5.74, 6) is -3.72. The zero-order valence-corrected chi connectivity index (χ0v) is 22.9. The first-order valence-corrected chi connectivity index (χ1v) is 13.1. The van der Waals surface area contributed by atoms with Crippen LogP contribution >= 0.6 is 11.6 Å². The van der Waals surface area contributed by atoms with E-state index in [1.807, 2.05) is 0 Å². The number of esters is 1. The number of nitrogens with zero attached hydrogens (tertiary/aromatic N) is 3. The molecule has 1 aromatic heterocycles. The number of rotatable bonds is 7. The van der Waals surface area contributed by atoms with E-state index < -0.39 is 48.3 Å². The lowest BCUT2D eigenvalue weighted by Gasteiger charge is -2.24. The quantitative estimate of drug-likeness (QED) is 0.310. The first-order chi connectivity index (χ1) is 20.1. The minimum atomic E-state index is -1.50. The van der Waals surface area contributed by atoms with E-state index in [1.165, 1.54) is 48.2 Å². The lowest BCUT2D eigenvalue weighted by molar-refractivity contribution is -0.137. The van der Waals surface area contributed by atoms with Crippen molar-refractivity contribution in [2.45, 2.75) is 25.2 Å². The van der Waals surface area contributed by atoms with Crippen LogP contribution in [0.2, 0.25) is 5.02 Å². The molecule has 1 aliphatic rings. The second-order valence-electron chi connectivity index (χ2n) is 9.63. The molecule has 0 spiro atoms. The summed E-state index contributed by atoms with van der Waals surface area (Å²) < 4.78 is 35.9. The van der Waals surface area contributed by atoms with Gasteiger partial charge in [0, 0.05) is 28.0 Å². The van der Waals surface area contributed by atoms with Crippen LogP contribution in [0.3, 0.4) is 0 Å². The van der Waals surface area contributed by atoms with Crippen LogP contribution in [-0.4, -0.2) is 64.2 Å². The van der Waals surface area contributed by atoms with Crippen LogP contribution in [-0.2, 0) is 20.9 Å². The molecule has 0 aliphatic carbocycles. The van der Waals surface area contributed by atoms with Gasteiger partial charge in [-0.3, -0.25) is 19.1 Å². The van der Waals surface area contributed by atoms with Crippen molar-refractivity contribution in [2.75, 3.05) is 19.0 Å². The third-order valence-electron chi connectivity index (χ3n) is 6.98. The Morgan fingerprint density at radius 1 is 1.10 bits per heavy atom. The first kappa shape index (κ1) is 28.7. The van der Waals surface area contributed by atoms with Crippen LogP contribution in [0.5, 0.6) is 0 Å². The van der Waals surface area contributed by atoms with Crippen LogP contribution in [0.1, 0.15) is 27.3 Å². The van der Waals surface area contributed by atoms with E-state index in [4.69, 9.17) is 22.1 Å². The van der Waals surface area contributed by atoms with E-state index in [0.29, 0.717) is 16.1 Å².